The number of carbonyl (C=O) groups is 1. The average molecular weight is 190 g/mol. The Morgan fingerprint density at radius 3 is 2.57 bits per heavy atom. The molecule has 0 aliphatic heterocycles. The Morgan fingerprint density at radius 1 is 1.36 bits per heavy atom. The van der Waals surface area contributed by atoms with Crippen molar-refractivity contribution in [2.45, 2.75) is 39.5 Å². The number of hydrogen-bond acceptors (Lipinski definition) is 1. The molecule has 1 rings (SSSR count). The van der Waals surface area contributed by atoms with Gasteiger partial charge in [-0.15, -0.1) is 0 Å². The van der Waals surface area contributed by atoms with Crippen LogP contribution < -0.4 is 0 Å². The highest BCUT2D eigenvalue weighted by molar-refractivity contribution is 5.50. The van der Waals surface area contributed by atoms with E-state index in [1.165, 1.54) is 16.7 Å². The van der Waals surface area contributed by atoms with Gasteiger partial charge >= 0.3 is 0 Å². The van der Waals surface area contributed by atoms with Crippen LogP contribution in [0.1, 0.15) is 42.9 Å². The summed E-state index contributed by atoms with van der Waals surface area (Å²) in [5, 5.41) is 0. The first kappa shape index (κ1) is 11.0. The molecular weight excluding hydrogens is 172 g/mol. The van der Waals surface area contributed by atoms with Gasteiger partial charge in [0.2, 0.25) is 0 Å². The molecule has 0 spiro atoms. The van der Waals surface area contributed by atoms with Crippen LogP contribution in [0, 0.1) is 6.92 Å². The summed E-state index contributed by atoms with van der Waals surface area (Å²) in [4.78, 5) is 10.3. The number of aryl methyl sites for hydroxylation is 2. The van der Waals surface area contributed by atoms with Gasteiger partial charge in [0, 0.05) is 6.42 Å². The van der Waals surface area contributed by atoms with Crippen molar-refractivity contribution in [3.05, 3.63) is 34.9 Å². The van der Waals surface area contributed by atoms with Crippen molar-refractivity contribution in [2.24, 2.45) is 0 Å². The Kier molecular flexibility index (Phi) is 3.87. The van der Waals surface area contributed by atoms with Crippen molar-refractivity contribution in [3.63, 3.8) is 0 Å². The van der Waals surface area contributed by atoms with E-state index in [1.807, 2.05) is 0 Å². The molecule has 0 bridgehead atoms. The van der Waals surface area contributed by atoms with Crippen LogP contribution in [-0.2, 0) is 11.2 Å². The van der Waals surface area contributed by atoms with Gasteiger partial charge in [0.15, 0.2) is 0 Å². The standard InChI is InChI=1S/C13H18O/c1-10(2)13-7-6-12(5-4-8-14)11(3)9-13/h6-10H,4-5H2,1-3H3. The van der Waals surface area contributed by atoms with Crippen molar-refractivity contribution >= 4 is 6.29 Å². The van der Waals surface area contributed by atoms with Gasteiger partial charge < -0.3 is 4.79 Å². The third-order valence-corrected chi connectivity index (χ3v) is 2.56. The number of hydrogen-bond donors (Lipinski definition) is 0. The Labute approximate surface area is 86.1 Å². The normalized spacial score (nSPS) is 10.6. The van der Waals surface area contributed by atoms with Gasteiger partial charge in [-0.25, -0.2) is 0 Å². The zero-order valence-electron chi connectivity index (χ0n) is 9.21. The molecule has 0 N–H and O–H groups in total. The fraction of sp³-hybridized carbons (Fsp3) is 0.462. The largest absolute Gasteiger partial charge is 0.303 e. The van der Waals surface area contributed by atoms with Gasteiger partial charge in [-0.2, -0.15) is 0 Å². The van der Waals surface area contributed by atoms with Gasteiger partial charge in [-0.05, 0) is 36.0 Å². The molecule has 0 aromatic heterocycles. The third kappa shape index (κ3) is 2.69. The SMILES string of the molecule is Cc1cc(C(C)C)ccc1CCC=O. The van der Waals surface area contributed by atoms with Gasteiger partial charge in [0.1, 0.15) is 6.29 Å². The maximum absolute atomic E-state index is 10.3. The van der Waals surface area contributed by atoms with E-state index in [0.717, 1.165) is 12.7 Å². The zero-order chi connectivity index (χ0) is 10.6. The molecule has 1 aromatic carbocycles. The zero-order valence-corrected chi connectivity index (χ0v) is 9.21. The lowest BCUT2D eigenvalue weighted by atomic mass is 9.96. The van der Waals surface area contributed by atoms with Crippen molar-refractivity contribution in [3.8, 4) is 0 Å². The summed E-state index contributed by atoms with van der Waals surface area (Å²) >= 11 is 0. The number of rotatable bonds is 4. The Hall–Kier alpha value is -1.11. The topological polar surface area (TPSA) is 17.1 Å². The highest BCUT2D eigenvalue weighted by Gasteiger charge is 2.02. The second-order valence-electron chi connectivity index (χ2n) is 4.05. The van der Waals surface area contributed by atoms with E-state index in [1.54, 1.807) is 0 Å². The van der Waals surface area contributed by atoms with Crippen LogP contribution in [0.15, 0.2) is 18.2 Å². The minimum absolute atomic E-state index is 0.578. The first-order chi connectivity index (χ1) is 6.65. The van der Waals surface area contributed by atoms with Crippen molar-refractivity contribution < 1.29 is 4.79 Å². The molecule has 1 heteroatoms. The molecule has 0 aliphatic rings. The molecule has 0 atom stereocenters. The predicted octanol–water partition coefficient (Wildman–Crippen LogP) is 3.25. The van der Waals surface area contributed by atoms with E-state index in [0.29, 0.717) is 12.3 Å². The maximum atomic E-state index is 10.3. The molecular formula is C13H18O. The Balaban J connectivity index is 2.84. The van der Waals surface area contributed by atoms with Gasteiger partial charge in [-0.3, -0.25) is 0 Å². The van der Waals surface area contributed by atoms with Crippen LogP contribution in [0.3, 0.4) is 0 Å². The lowest BCUT2D eigenvalue weighted by molar-refractivity contribution is -0.107. The van der Waals surface area contributed by atoms with E-state index >= 15 is 0 Å². The summed E-state index contributed by atoms with van der Waals surface area (Å²) in [6.07, 6.45) is 2.48. The van der Waals surface area contributed by atoms with Crippen molar-refractivity contribution in [1.29, 1.82) is 0 Å². The monoisotopic (exact) mass is 190 g/mol. The van der Waals surface area contributed by atoms with Gasteiger partial charge in [0.05, 0.1) is 0 Å². The molecule has 76 valence electrons. The second-order valence-corrected chi connectivity index (χ2v) is 4.05. The smallest absolute Gasteiger partial charge is 0.120 e. The van der Waals surface area contributed by atoms with Crippen LogP contribution in [0.2, 0.25) is 0 Å². The summed E-state index contributed by atoms with van der Waals surface area (Å²) < 4.78 is 0. The van der Waals surface area contributed by atoms with Crippen molar-refractivity contribution in [2.75, 3.05) is 0 Å². The molecule has 0 saturated heterocycles. The van der Waals surface area contributed by atoms with E-state index in [4.69, 9.17) is 0 Å². The second kappa shape index (κ2) is 4.94. The summed E-state index contributed by atoms with van der Waals surface area (Å²) in [5.41, 5.74) is 3.97. The highest BCUT2D eigenvalue weighted by Crippen LogP contribution is 2.19. The van der Waals surface area contributed by atoms with Crippen LogP contribution in [0.4, 0.5) is 0 Å². The fourth-order valence-corrected chi connectivity index (χ4v) is 1.57. The molecule has 0 aliphatic carbocycles. The minimum Gasteiger partial charge on any atom is -0.303 e. The highest BCUT2D eigenvalue weighted by atomic mass is 16.1. The number of carbonyl (C=O) groups excluding carboxylic acids is 1. The quantitative estimate of drug-likeness (QED) is 0.666. The summed E-state index contributed by atoms with van der Waals surface area (Å²) in [5.74, 6) is 0.578. The summed E-state index contributed by atoms with van der Waals surface area (Å²) in [6, 6.07) is 6.54. The Morgan fingerprint density at radius 2 is 2.07 bits per heavy atom. The minimum atomic E-state index is 0.578. The predicted molar refractivity (Wildman–Crippen MR) is 59.7 cm³/mol. The average Bonchev–Trinajstić information content (AvgIpc) is 2.15. The fourth-order valence-electron chi connectivity index (χ4n) is 1.57. The third-order valence-electron chi connectivity index (χ3n) is 2.56. The van der Waals surface area contributed by atoms with Crippen LogP contribution in [0.25, 0.3) is 0 Å². The summed E-state index contributed by atoms with van der Waals surface area (Å²) in [6.45, 7) is 6.51. The Bertz CT molecular complexity index is 313. The molecule has 0 fully saturated rings. The van der Waals surface area contributed by atoms with E-state index in [2.05, 4.69) is 39.0 Å². The first-order valence-electron chi connectivity index (χ1n) is 5.18. The number of benzene rings is 1. The molecule has 0 radical (unpaired) electrons. The molecule has 14 heavy (non-hydrogen) atoms. The lowest BCUT2D eigenvalue weighted by Gasteiger charge is -2.09. The van der Waals surface area contributed by atoms with E-state index in [9.17, 15) is 4.79 Å². The molecule has 1 aromatic rings. The molecule has 1 nitrogen and oxygen atoms in total. The molecule has 0 unspecified atom stereocenters. The van der Waals surface area contributed by atoms with E-state index in [-0.39, 0.29) is 0 Å². The van der Waals surface area contributed by atoms with Gasteiger partial charge in [-0.1, -0.05) is 32.0 Å². The van der Waals surface area contributed by atoms with Crippen LogP contribution in [-0.4, -0.2) is 6.29 Å². The lowest BCUT2D eigenvalue weighted by Crippen LogP contribution is -1.94. The van der Waals surface area contributed by atoms with Gasteiger partial charge in [0.25, 0.3) is 0 Å². The first-order valence-corrected chi connectivity index (χ1v) is 5.18. The summed E-state index contributed by atoms with van der Waals surface area (Å²) in [7, 11) is 0. The van der Waals surface area contributed by atoms with E-state index < -0.39 is 0 Å². The molecule has 0 saturated carbocycles. The molecule has 0 heterocycles. The van der Waals surface area contributed by atoms with Crippen molar-refractivity contribution in [1.82, 2.24) is 0 Å². The maximum Gasteiger partial charge on any atom is 0.120 e. The van der Waals surface area contributed by atoms with Crippen LogP contribution >= 0.6 is 0 Å². The number of aldehydes is 1. The van der Waals surface area contributed by atoms with Crippen LogP contribution in [0.5, 0.6) is 0 Å². The molecule has 0 amide bonds.